The van der Waals surface area contributed by atoms with Crippen LogP contribution in [0.25, 0.3) is 98.0 Å². The van der Waals surface area contributed by atoms with Crippen LogP contribution in [0.3, 0.4) is 0 Å². The van der Waals surface area contributed by atoms with E-state index in [1.807, 2.05) is 0 Å². The Hall–Kier alpha value is -4.80. The number of hydrogen-bond donors (Lipinski definition) is 0. The normalized spacial score (nSPS) is 11.7. The third kappa shape index (κ3) is 7.20. The van der Waals surface area contributed by atoms with Crippen molar-refractivity contribution in [1.82, 2.24) is 9.97 Å². The van der Waals surface area contributed by atoms with Crippen LogP contribution in [-0.2, 0) is 0 Å². The molecule has 10 aromatic rings. The molecule has 282 valence electrons. The van der Waals surface area contributed by atoms with E-state index in [2.05, 4.69) is 9.97 Å². The minimum absolute atomic E-state index is 0.00681. The van der Waals surface area contributed by atoms with Crippen molar-refractivity contribution in [2.45, 2.75) is 0 Å². The molecule has 0 aliphatic rings. The van der Waals surface area contributed by atoms with Gasteiger partial charge in [-0.25, -0.2) is 9.97 Å². The van der Waals surface area contributed by atoms with Gasteiger partial charge in [-0.05, 0) is 73.0 Å². The lowest BCUT2D eigenvalue weighted by Gasteiger charge is -2.31. The summed E-state index contributed by atoms with van der Waals surface area (Å²) in [6.45, 7) is 0. The summed E-state index contributed by atoms with van der Waals surface area (Å²) in [6, 6.07) is 5.03. The number of aromatic nitrogens is 2. The molecule has 0 atom stereocenters. The first-order chi connectivity index (χ1) is 34.8. The molecule has 0 amide bonds. The summed E-state index contributed by atoms with van der Waals surface area (Å²) < 4.78 is 7.39. The van der Waals surface area contributed by atoms with Crippen molar-refractivity contribution < 1.29 is 4.42 Å². The molecule has 0 fully saturated rings. The molecule has 3 aromatic heterocycles. The van der Waals surface area contributed by atoms with Gasteiger partial charge in [0.1, 0.15) is 211 Å². The van der Waals surface area contributed by atoms with Crippen molar-refractivity contribution in [1.29, 1.82) is 0 Å². The van der Waals surface area contributed by atoms with Crippen molar-refractivity contribution in [3.63, 3.8) is 0 Å². The fourth-order valence-corrected chi connectivity index (χ4v) is 11.2. The van der Waals surface area contributed by atoms with Crippen LogP contribution < -0.4 is 131 Å². The van der Waals surface area contributed by atoms with Gasteiger partial charge in [-0.1, -0.05) is 93.5 Å². The van der Waals surface area contributed by atoms with E-state index in [4.69, 9.17) is 193 Å². The quantitative estimate of drug-likeness (QED) is 0.162. The average Bonchev–Trinajstić information content (AvgIpc) is 3.96. The SMILES string of the molecule is [B]c1c([B])c([B])c(-c2c([B])c([B])c(-c3c([B])c([B])c([B])c(-c4ccc5oc6c(-c7c([B])c([B])c([B])c(-c8c([B])c([B])c([B])c9c8sc8c([B])c([B])c([B])c([B])c89)c7[B])ncnc6c5c4)c3[B])c([B])c2[B])c([B])c1[B]. The maximum Gasteiger partial charge on any atom is 0.180 e. The Morgan fingerprint density at radius 1 is 0.311 bits per heavy atom. The van der Waals surface area contributed by atoms with Crippen LogP contribution in [0.1, 0.15) is 0 Å². The molecule has 7 aromatic carbocycles. The van der Waals surface area contributed by atoms with Gasteiger partial charge in [0, 0.05) is 14.8 Å². The zero-order chi connectivity index (χ0) is 53.9. The van der Waals surface area contributed by atoms with E-state index in [9.17, 15) is 0 Å². The maximum atomic E-state index is 7.14. The first kappa shape index (κ1) is 52.6. The van der Waals surface area contributed by atoms with Crippen molar-refractivity contribution in [3.8, 4) is 55.8 Å². The van der Waals surface area contributed by atoms with E-state index >= 15 is 0 Å². The summed E-state index contributed by atoms with van der Waals surface area (Å²) in [5, 5.41) is 1.23. The van der Waals surface area contributed by atoms with E-state index < -0.39 is 0 Å². The smallest absolute Gasteiger partial charge is 0.180 e. The Kier molecular flexibility index (Phi) is 13.1. The molecule has 0 bridgehead atoms. The number of rotatable bonds is 5. The topological polar surface area (TPSA) is 38.9 Å². The molecule has 0 aliphatic heterocycles. The van der Waals surface area contributed by atoms with Crippen LogP contribution in [0.4, 0.5) is 0 Å². The van der Waals surface area contributed by atoms with Crippen molar-refractivity contribution in [3.05, 3.63) is 24.5 Å². The number of fused-ring (bicyclic) bond motifs is 6. The molecular formula is C46H4B24N2OS. The Bertz CT molecular complexity index is 4210. The fourth-order valence-electron chi connectivity index (χ4n) is 9.80. The fraction of sp³-hybridized carbons (Fsp3) is 0. The number of thiophene rings is 1. The zero-order valence-electron chi connectivity index (χ0n) is 38.9. The molecule has 0 saturated carbocycles. The second-order valence-electron chi connectivity index (χ2n) is 17.7. The van der Waals surface area contributed by atoms with E-state index in [0.29, 0.717) is 42.2 Å². The Labute approximate surface area is 464 Å². The monoisotopic (exact) mass is 896 g/mol. The number of furan rings is 1. The van der Waals surface area contributed by atoms with Gasteiger partial charge < -0.3 is 4.42 Å². The molecule has 3 heterocycles. The molecule has 3 nitrogen and oxygen atoms in total. The van der Waals surface area contributed by atoms with Crippen LogP contribution in [0.5, 0.6) is 0 Å². The van der Waals surface area contributed by atoms with Gasteiger partial charge in [-0.3, -0.25) is 0 Å². The number of nitrogens with zero attached hydrogens (tertiary/aromatic N) is 2. The van der Waals surface area contributed by atoms with Crippen LogP contribution in [0.15, 0.2) is 28.9 Å². The molecule has 48 radical (unpaired) electrons. The Morgan fingerprint density at radius 2 is 0.662 bits per heavy atom. The predicted molar refractivity (Wildman–Crippen MR) is 339 cm³/mol. The van der Waals surface area contributed by atoms with Crippen molar-refractivity contribution >= 4 is 373 Å². The van der Waals surface area contributed by atoms with E-state index in [1.54, 1.807) is 18.2 Å². The van der Waals surface area contributed by atoms with Crippen molar-refractivity contribution in [2.75, 3.05) is 0 Å². The first-order valence-electron chi connectivity index (χ1n) is 21.7. The summed E-state index contributed by atoms with van der Waals surface area (Å²) >= 11 is 1.17. The van der Waals surface area contributed by atoms with Gasteiger partial charge >= 0.3 is 0 Å². The average molecular weight is 892 g/mol. The Balaban J connectivity index is 1.17. The molecule has 0 saturated heterocycles. The Morgan fingerprint density at radius 3 is 1.19 bits per heavy atom. The highest BCUT2D eigenvalue weighted by atomic mass is 32.1. The molecule has 0 N–H and O–H groups in total. The summed E-state index contributed by atoms with van der Waals surface area (Å²) in [4.78, 5) is 9.21. The third-order valence-corrected chi connectivity index (χ3v) is 15.1. The molecule has 0 spiro atoms. The molecule has 74 heavy (non-hydrogen) atoms. The molecule has 0 unspecified atom stereocenters. The number of hydrogen-bond acceptors (Lipinski definition) is 4. The highest BCUT2D eigenvalue weighted by Gasteiger charge is 2.28. The second kappa shape index (κ2) is 18.4. The van der Waals surface area contributed by atoms with Gasteiger partial charge in [0.25, 0.3) is 0 Å². The van der Waals surface area contributed by atoms with Gasteiger partial charge in [0.05, 0.1) is 0 Å². The molecular weight excluding hydrogens is 888 g/mol. The van der Waals surface area contributed by atoms with E-state index in [-0.39, 0.29) is 187 Å². The van der Waals surface area contributed by atoms with E-state index in [0.717, 1.165) is 0 Å². The molecule has 10 rings (SSSR count). The maximum absolute atomic E-state index is 7.14. The highest BCUT2D eigenvalue weighted by molar-refractivity contribution is 7.28. The second-order valence-corrected chi connectivity index (χ2v) is 18.7. The van der Waals surface area contributed by atoms with Crippen LogP contribution >= 0.6 is 11.3 Å². The minimum atomic E-state index is -0.126. The lowest BCUT2D eigenvalue weighted by Crippen LogP contribution is -2.57. The first-order valence-corrected chi connectivity index (χ1v) is 22.5. The molecule has 0 aliphatic carbocycles. The predicted octanol–water partition coefficient (Wildman–Crippen LogP) is -15.9. The summed E-state index contributed by atoms with van der Waals surface area (Å²) in [5.41, 5.74) is 1.65. The van der Waals surface area contributed by atoms with Crippen molar-refractivity contribution in [2.24, 2.45) is 0 Å². The third-order valence-electron chi connectivity index (χ3n) is 13.8. The lowest BCUT2D eigenvalue weighted by molar-refractivity contribution is 0.667. The summed E-state index contributed by atoms with van der Waals surface area (Å²) in [7, 11) is 158. The largest absolute Gasteiger partial charge is 0.452 e. The van der Waals surface area contributed by atoms with Gasteiger partial charge in [0.2, 0.25) is 0 Å². The summed E-state index contributed by atoms with van der Waals surface area (Å²) in [5.74, 6) is 0. The van der Waals surface area contributed by atoms with Crippen LogP contribution in [0.2, 0.25) is 0 Å². The summed E-state index contributed by atoms with van der Waals surface area (Å²) in [6.07, 6.45) is 1.28. The minimum Gasteiger partial charge on any atom is -0.452 e. The lowest BCUT2D eigenvalue weighted by atomic mass is 9.54. The van der Waals surface area contributed by atoms with Gasteiger partial charge in [-0.15, -0.1) is 55.0 Å². The standard InChI is InChI=1S/C46H4B24N2OS/c47-18-8(20(49)33(62)25(54)9(18)10-21(50)23(52)11(24(53)22(10)51)12-26(55)36(65)39(68)37(66)27(12)56)5-1-2-7-6(3-5)42-44(73-7)43(72-4-71-42)17-19(48)13(28(57)34(63)32(17)61)14-29(58)35(64)30(59)15-16-31(60)38(67)40(69)41(70)46(16)74-45(14)15/h1-4H. The molecule has 28 heteroatoms. The van der Waals surface area contributed by atoms with Gasteiger partial charge in [-0.2, -0.15) is 0 Å². The number of benzene rings is 7. The van der Waals surface area contributed by atoms with Gasteiger partial charge in [0.15, 0.2) is 5.58 Å². The van der Waals surface area contributed by atoms with Crippen LogP contribution in [0, 0.1) is 0 Å². The highest BCUT2D eigenvalue weighted by Crippen LogP contribution is 2.37. The van der Waals surface area contributed by atoms with E-state index in [1.165, 1.54) is 17.7 Å². The van der Waals surface area contributed by atoms with Crippen LogP contribution in [-0.4, -0.2) is 198 Å². The zero-order valence-corrected chi connectivity index (χ0v) is 39.7.